The van der Waals surface area contributed by atoms with E-state index in [1.54, 1.807) is 0 Å². The van der Waals surface area contributed by atoms with Crippen molar-refractivity contribution in [3.05, 3.63) is 133 Å². The summed E-state index contributed by atoms with van der Waals surface area (Å²) in [7, 11) is 0. The molecule has 4 nitrogen and oxygen atoms in total. The van der Waals surface area contributed by atoms with Gasteiger partial charge in [-0.15, -0.1) is 0 Å². The van der Waals surface area contributed by atoms with E-state index in [1.165, 1.54) is 16.2 Å². The summed E-state index contributed by atoms with van der Waals surface area (Å²) in [6.07, 6.45) is 2.00. The predicted octanol–water partition coefficient (Wildman–Crippen LogP) is 10.7. The molecule has 0 aliphatic heterocycles. The van der Waals surface area contributed by atoms with Crippen LogP contribution in [0, 0.1) is 13.8 Å². The SMILES string of the molecule is Cc1nc2c(-c3ccc4ccc5ccccc5c4n3)ccc3c(C)nc4c(-c5cnc6c(ccc7ccccc76)c5)ccc1c4c32. The fourth-order valence-electron chi connectivity index (χ4n) is 7.45. The molecule has 10 aromatic rings. The van der Waals surface area contributed by atoms with Gasteiger partial charge < -0.3 is 0 Å². The topological polar surface area (TPSA) is 51.6 Å². The number of pyridine rings is 4. The fourth-order valence-corrected chi connectivity index (χ4v) is 7.45. The Morgan fingerprint density at radius 3 is 1.70 bits per heavy atom. The van der Waals surface area contributed by atoms with Crippen molar-refractivity contribution in [2.24, 2.45) is 0 Å². The molecule has 0 bridgehead atoms. The van der Waals surface area contributed by atoms with Crippen molar-refractivity contribution in [2.45, 2.75) is 13.8 Å². The first-order valence-electron chi connectivity index (χ1n) is 15.6. The average Bonchev–Trinajstić information content (AvgIpc) is 3.10. The molecule has 46 heavy (non-hydrogen) atoms. The lowest BCUT2D eigenvalue weighted by molar-refractivity contribution is 1.26. The number of aryl methyl sites for hydroxylation is 2. The zero-order valence-corrected chi connectivity index (χ0v) is 25.3. The van der Waals surface area contributed by atoms with Crippen LogP contribution in [0.2, 0.25) is 0 Å². The van der Waals surface area contributed by atoms with E-state index in [9.17, 15) is 0 Å². The Hall–Kier alpha value is -6.00. The van der Waals surface area contributed by atoms with Crippen molar-refractivity contribution in [1.82, 2.24) is 19.9 Å². The molecule has 214 valence electrons. The Kier molecular flexibility index (Phi) is 5.10. The standard InChI is InChI=1S/C42H26N4/c1-23-31-17-19-35(36-20-15-27-13-11-26-8-4-6-10-33(26)40(27)46-36)42-38(31)37-30(24(2)45-42)16-18-34(41(37)44-23)29-21-28-14-12-25-7-3-5-9-32(25)39(28)43-22-29/h3-22H,1-2H3. The molecule has 10 rings (SSSR count). The summed E-state index contributed by atoms with van der Waals surface area (Å²) in [5.41, 5.74) is 10.0. The minimum absolute atomic E-state index is 0.922. The number of hydrogen-bond donors (Lipinski definition) is 0. The molecule has 0 spiro atoms. The Morgan fingerprint density at radius 2 is 0.978 bits per heavy atom. The highest BCUT2D eigenvalue weighted by Gasteiger charge is 2.21. The maximum atomic E-state index is 5.26. The molecule has 0 saturated heterocycles. The molecule has 0 N–H and O–H groups in total. The second-order valence-corrected chi connectivity index (χ2v) is 12.3. The third-order valence-corrected chi connectivity index (χ3v) is 9.69. The van der Waals surface area contributed by atoms with Crippen LogP contribution < -0.4 is 0 Å². The van der Waals surface area contributed by atoms with Gasteiger partial charge in [0.05, 0.1) is 27.8 Å². The average molecular weight is 587 g/mol. The van der Waals surface area contributed by atoms with Crippen LogP contribution >= 0.6 is 0 Å². The summed E-state index contributed by atoms with van der Waals surface area (Å²) in [5.74, 6) is 0. The third kappa shape index (κ3) is 3.50. The van der Waals surface area contributed by atoms with Gasteiger partial charge in [0, 0.05) is 77.4 Å². The van der Waals surface area contributed by atoms with E-state index in [0.717, 1.165) is 93.5 Å². The molecule has 0 atom stereocenters. The van der Waals surface area contributed by atoms with Gasteiger partial charge in [-0.25, -0.2) is 4.98 Å². The van der Waals surface area contributed by atoms with E-state index in [-0.39, 0.29) is 0 Å². The van der Waals surface area contributed by atoms with Gasteiger partial charge in [0.2, 0.25) is 0 Å². The minimum Gasteiger partial charge on any atom is -0.255 e. The molecule has 0 saturated carbocycles. The number of rotatable bonds is 2. The largest absolute Gasteiger partial charge is 0.255 e. The summed E-state index contributed by atoms with van der Waals surface area (Å²) in [6.45, 7) is 4.20. The van der Waals surface area contributed by atoms with Crippen molar-refractivity contribution >= 4 is 75.9 Å². The van der Waals surface area contributed by atoms with E-state index < -0.39 is 0 Å². The van der Waals surface area contributed by atoms with E-state index in [0.29, 0.717) is 0 Å². The summed E-state index contributed by atoms with van der Waals surface area (Å²) >= 11 is 0. The van der Waals surface area contributed by atoms with Crippen LogP contribution in [0.4, 0.5) is 0 Å². The van der Waals surface area contributed by atoms with Gasteiger partial charge in [-0.05, 0) is 42.8 Å². The smallest absolute Gasteiger partial charge is 0.0813 e. The van der Waals surface area contributed by atoms with Crippen LogP contribution in [0.3, 0.4) is 0 Å². The van der Waals surface area contributed by atoms with Gasteiger partial charge in [-0.1, -0.05) is 97.1 Å². The van der Waals surface area contributed by atoms with E-state index in [4.69, 9.17) is 19.9 Å². The molecule has 4 aromatic heterocycles. The van der Waals surface area contributed by atoms with E-state index in [1.807, 2.05) is 6.20 Å². The van der Waals surface area contributed by atoms with Gasteiger partial charge in [0.25, 0.3) is 0 Å². The highest BCUT2D eigenvalue weighted by Crippen LogP contribution is 2.43. The Morgan fingerprint density at radius 1 is 0.413 bits per heavy atom. The predicted molar refractivity (Wildman–Crippen MR) is 192 cm³/mol. The Labute approximate surface area is 264 Å². The first-order valence-corrected chi connectivity index (χ1v) is 15.6. The van der Waals surface area contributed by atoms with Crippen molar-refractivity contribution in [3.63, 3.8) is 0 Å². The van der Waals surface area contributed by atoms with Crippen LogP contribution in [-0.4, -0.2) is 19.9 Å². The lowest BCUT2D eigenvalue weighted by Crippen LogP contribution is -1.99. The number of nitrogens with zero attached hydrogens (tertiary/aromatic N) is 4. The van der Waals surface area contributed by atoms with Gasteiger partial charge >= 0.3 is 0 Å². The lowest BCUT2D eigenvalue weighted by Gasteiger charge is -2.18. The molecule has 0 unspecified atom stereocenters. The quantitative estimate of drug-likeness (QED) is 0.189. The van der Waals surface area contributed by atoms with Crippen LogP contribution in [0.5, 0.6) is 0 Å². The zero-order valence-electron chi connectivity index (χ0n) is 25.3. The summed E-state index contributed by atoms with van der Waals surface area (Å²) in [5, 5.41) is 11.5. The molecule has 6 aromatic carbocycles. The van der Waals surface area contributed by atoms with Crippen LogP contribution in [0.1, 0.15) is 11.4 Å². The van der Waals surface area contributed by atoms with Crippen LogP contribution in [0.25, 0.3) is 98.3 Å². The highest BCUT2D eigenvalue weighted by molar-refractivity contribution is 6.26. The fraction of sp³-hybridized carbons (Fsp3) is 0.0476. The van der Waals surface area contributed by atoms with Crippen molar-refractivity contribution in [1.29, 1.82) is 0 Å². The number of aromatic nitrogens is 4. The third-order valence-electron chi connectivity index (χ3n) is 9.69. The molecule has 0 aliphatic carbocycles. The second kappa shape index (κ2) is 9.26. The van der Waals surface area contributed by atoms with Gasteiger partial charge in [-0.3, -0.25) is 15.0 Å². The summed E-state index contributed by atoms with van der Waals surface area (Å²) in [6, 6.07) is 40.8. The minimum atomic E-state index is 0.922. The molecule has 0 fully saturated rings. The molecule has 0 radical (unpaired) electrons. The first kappa shape index (κ1) is 25.3. The van der Waals surface area contributed by atoms with Gasteiger partial charge in [0.15, 0.2) is 0 Å². The van der Waals surface area contributed by atoms with Crippen molar-refractivity contribution in [2.75, 3.05) is 0 Å². The molecule has 0 aliphatic rings. The van der Waals surface area contributed by atoms with Gasteiger partial charge in [0.1, 0.15) is 0 Å². The first-order chi connectivity index (χ1) is 22.6. The van der Waals surface area contributed by atoms with Crippen LogP contribution in [0.15, 0.2) is 121 Å². The molecular formula is C42H26N4. The zero-order chi connectivity index (χ0) is 30.5. The van der Waals surface area contributed by atoms with Crippen molar-refractivity contribution in [3.8, 4) is 22.4 Å². The molecule has 4 heteroatoms. The summed E-state index contributed by atoms with van der Waals surface area (Å²) in [4.78, 5) is 20.8. The Balaban J connectivity index is 1.25. The van der Waals surface area contributed by atoms with Crippen molar-refractivity contribution < 1.29 is 0 Å². The normalized spacial score (nSPS) is 12.1. The number of hydrogen-bond acceptors (Lipinski definition) is 4. The van der Waals surface area contributed by atoms with E-state index in [2.05, 4.69) is 129 Å². The maximum absolute atomic E-state index is 5.26. The number of fused-ring (bicyclic) bond motifs is 6. The molecule has 0 amide bonds. The summed E-state index contributed by atoms with van der Waals surface area (Å²) < 4.78 is 0. The van der Waals surface area contributed by atoms with Gasteiger partial charge in [-0.2, -0.15) is 0 Å². The second-order valence-electron chi connectivity index (χ2n) is 12.3. The molecule has 4 heterocycles. The highest BCUT2D eigenvalue weighted by atomic mass is 14.8. The molecular weight excluding hydrogens is 560 g/mol. The Bertz CT molecular complexity index is 2890. The maximum Gasteiger partial charge on any atom is 0.0813 e. The monoisotopic (exact) mass is 586 g/mol. The lowest BCUT2D eigenvalue weighted by atomic mass is 9.91. The van der Waals surface area contributed by atoms with E-state index >= 15 is 0 Å². The number of benzene rings is 6. The van der Waals surface area contributed by atoms with Crippen LogP contribution in [-0.2, 0) is 0 Å².